The van der Waals surface area contributed by atoms with Crippen LogP contribution in [0.2, 0.25) is 0 Å². The molecule has 0 aliphatic carbocycles. The molecule has 0 fully saturated rings. The average molecular weight is 316 g/mol. The van der Waals surface area contributed by atoms with Crippen molar-refractivity contribution in [2.24, 2.45) is 0 Å². The van der Waals surface area contributed by atoms with Crippen LogP contribution in [0.5, 0.6) is 0 Å². The van der Waals surface area contributed by atoms with E-state index in [2.05, 4.69) is 21.2 Å². The van der Waals surface area contributed by atoms with Gasteiger partial charge in [0, 0.05) is 24.5 Å². The lowest BCUT2D eigenvalue weighted by atomic mass is 10.1. The number of alkyl halides is 1. The van der Waals surface area contributed by atoms with E-state index in [9.17, 15) is 4.79 Å². The van der Waals surface area contributed by atoms with Crippen molar-refractivity contribution in [3.63, 3.8) is 0 Å². The Morgan fingerprint density at radius 3 is 2.56 bits per heavy atom. The molecule has 0 aliphatic heterocycles. The number of carbonyl (C=O) groups is 1. The normalized spacial score (nSPS) is 10.3. The summed E-state index contributed by atoms with van der Waals surface area (Å²) in [5.41, 5.74) is 1.81. The van der Waals surface area contributed by atoms with Gasteiger partial charge in [0.25, 0.3) is 5.91 Å². The second-order valence-corrected chi connectivity index (χ2v) is 4.25. The third-order valence-corrected chi connectivity index (χ3v) is 2.98. The third kappa shape index (κ3) is 5.62. The largest absolute Gasteiger partial charge is 0.382 e. The summed E-state index contributed by atoms with van der Waals surface area (Å²) >= 11 is 3.36. The van der Waals surface area contributed by atoms with Gasteiger partial charge in [-0.15, -0.1) is 0 Å². The molecule has 0 aromatic heterocycles. The summed E-state index contributed by atoms with van der Waals surface area (Å²) in [6.45, 7) is 2.12. The van der Waals surface area contributed by atoms with Gasteiger partial charge in [-0.3, -0.25) is 4.79 Å². The summed E-state index contributed by atoms with van der Waals surface area (Å²) in [6, 6.07) is 7.49. The standard InChI is InChI=1S/C13H18BrNO3/c1-17-8-9-18-7-6-15-13(16)12-4-2-11(10-14)3-5-12/h2-5H,6-10H2,1H3,(H,15,16). The van der Waals surface area contributed by atoms with Gasteiger partial charge < -0.3 is 14.8 Å². The molecule has 4 nitrogen and oxygen atoms in total. The lowest BCUT2D eigenvalue weighted by Crippen LogP contribution is -2.27. The number of halogens is 1. The van der Waals surface area contributed by atoms with Crippen molar-refractivity contribution in [1.29, 1.82) is 0 Å². The molecule has 1 aromatic carbocycles. The van der Waals surface area contributed by atoms with Crippen LogP contribution < -0.4 is 5.32 Å². The molecular weight excluding hydrogens is 298 g/mol. The van der Waals surface area contributed by atoms with Crippen LogP contribution in [0.25, 0.3) is 0 Å². The van der Waals surface area contributed by atoms with Gasteiger partial charge in [0.15, 0.2) is 0 Å². The Hall–Kier alpha value is -0.910. The van der Waals surface area contributed by atoms with Gasteiger partial charge in [-0.05, 0) is 17.7 Å². The maximum atomic E-state index is 11.7. The fourth-order valence-corrected chi connectivity index (χ4v) is 1.70. The Morgan fingerprint density at radius 1 is 1.22 bits per heavy atom. The van der Waals surface area contributed by atoms with Crippen molar-refractivity contribution < 1.29 is 14.3 Å². The zero-order chi connectivity index (χ0) is 13.2. The first-order valence-electron chi connectivity index (χ1n) is 5.77. The van der Waals surface area contributed by atoms with Gasteiger partial charge in [-0.25, -0.2) is 0 Å². The van der Waals surface area contributed by atoms with Crippen LogP contribution in [0, 0.1) is 0 Å². The van der Waals surface area contributed by atoms with E-state index in [-0.39, 0.29) is 5.91 Å². The fourth-order valence-electron chi connectivity index (χ4n) is 1.33. The van der Waals surface area contributed by atoms with Gasteiger partial charge in [-0.1, -0.05) is 28.1 Å². The van der Waals surface area contributed by atoms with Crippen molar-refractivity contribution >= 4 is 21.8 Å². The van der Waals surface area contributed by atoms with E-state index in [1.165, 1.54) is 0 Å². The summed E-state index contributed by atoms with van der Waals surface area (Å²) in [5, 5.41) is 3.59. The Labute approximate surface area is 116 Å². The molecule has 0 atom stereocenters. The molecule has 18 heavy (non-hydrogen) atoms. The number of rotatable bonds is 8. The molecule has 0 radical (unpaired) electrons. The third-order valence-electron chi connectivity index (χ3n) is 2.33. The topological polar surface area (TPSA) is 47.6 Å². The summed E-state index contributed by atoms with van der Waals surface area (Å²) in [6.07, 6.45) is 0. The van der Waals surface area contributed by atoms with Crippen molar-refractivity contribution in [3.8, 4) is 0 Å². The molecule has 0 heterocycles. The minimum Gasteiger partial charge on any atom is -0.382 e. The molecule has 5 heteroatoms. The van der Waals surface area contributed by atoms with E-state index < -0.39 is 0 Å². The minimum absolute atomic E-state index is 0.0773. The lowest BCUT2D eigenvalue weighted by molar-refractivity contribution is 0.0692. The molecule has 1 aromatic rings. The minimum atomic E-state index is -0.0773. The van der Waals surface area contributed by atoms with Gasteiger partial charge in [0.1, 0.15) is 0 Å². The highest BCUT2D eigenvalue weighted by atomic mass is 79.9. The van der Waals surface area contributed by atoms with Gasteiger partial charge in [0.05, 0.1) is 19.8 Å². The molecule has 1 amide bonds. The predicted molar refractivity (Wildman–Crippen MR) is 74.1 cm³/mol. The van der Waals surface area contributed by atoms with Gasteiger partial charge >= 0.3 is 0 Å². The summed E-state index contributed by atoms with van der Waals surface area (Å²) in [5.74, 6) is -0.0773. The number of carbonyl (C=O) groups excluding carboxylic acids is 1. The van der Waals surface area contributed by atoms with E-state index in [4.69, 9.17) is 9.47 Å². The predicted octanol–water partition coefficient (Wildman–Crippen LogP) is 1.97. The SMILES string of the molecule is COCCOCCNC(=O)c1ccc(CBr)cc1. The second-order valence-electron chi connectivity index (χ2n) is 3.69. The molecule has 1 N–H and O–H groups in total. The zero-order valence-corrected chi connectivity index (χ0v) is 12.0. The fraction of sp³-hybridized carbons (Fsp3) is 0.462. The second kappa shape index (κ2) is 9.08. The van der Waals surface area contributed by atoms with E-state index in [0.29, 0.717) is 31.9 Å². The van der Waals surface area contributed by atoms with Gasteiger partial charge in [-0.2, -0.15) is 0 Å². The first kappa shape index (κ1) is 15.1. The zero-order valence-electron chi connectivity index (χ0n) is 10.4. The number of hydrogen-bond donors (Lipinski definition) is 1. The quantitative estimate of drug-likeness (QED) is 0.589. The molecular formula is C13H18BrNO3. The molecule has 1 rings (SSSR count). The van der Waals surface area contributed by atoms with Crippen molar-refractivity contribution in [2.45, 2.75) is 5.33 Å². The molecule has 0 saturated carbocycles. The van der Waals surface area contributed by atoms with Crippen molar-refractivity contribution in [3.05, 3.63) is 35.4 Å². The Balaban J connectivity index is 2.23. The lowest BCUT2D eigenvalue weighted by Gasteiger charge is -2.06. The number of hydrogen-bond acceptors (Lipinski definition) is 3. The molecule has 100 valence electrons. The Kier molecular flexibility index (Phi) is 7.64. The molecule has 0 unspecified atom stereocenters. The van der Waals surface area contributed by atoms with Crippen LogP contribution in [0.3, 0.4) is 0 Å². The smallest absolute Gasteiger partial charge is 0.251 e. The number of benzene rings is 1. The first-order chi connectivity index (χ1) is 8.77. The number of nitrogens with one attached hydrogen (secondary N) is 1. The maximum Gasteiger partial charge on any atom is 0.251 e. The van der Waals surface area contributed by atoms with Crippen molar-refractivity contribution in [1.82, 2.24) is 5.32 Å². The number of ether oxygens (including phenoxy) is 2. The Morgan fingerprint density at radius 2 is 1.94 bits per heavy atom. The maximum absolute atomic E-state index is 11.7. The van der Waals surface area contributed by atoms with Crippen LogP contribution in [-0.2, 0) is 14.8 Å². The van der Waals surface area contributed by atoms with E-state index in [1.807, 2.05) is 24.3 Å². The monoisotopic (exact) mass is 315 g/mol. The van der Waals surface area contributed by atoms with Crippen LogP contribution in [0.1, 0.15) is 15.9 Å². The van der Waals surface area contributed by atoms with Crippen LogP contribution >= 0.6 is 15.9 Å². The highest BCUT2D eigenvalue weighted by Crippen LogP contribution is 2.07. The summed E-state index contributed by atoms with van der Waals surface area (Å²) in [4.78, 5) is 11.7. The average Bonchev–Trinajstić information content (AvgIpc) is 2.42. The van der Waals surface area contributed by atoms with E-state index >= 15 is 0 Å². The molecule has 0 spiro atoms. The summed E-state index contributed by atoms with van der Waals surface area (Å²) < 4.78 is 10.1. The first-order valence-corrected chi connectivity index (χ1v) is 6.90. The highest BCUT2D eigenvalue weighted by molar-refractivity contribution is 9.08. The number of methoxy groups -OCH3 is 1. The van der Waals surface area contributed by atoms with E-state index in [0.717, 1.165) is 10.9 Å². The number of amides is 1. The van der Waals surface area contributed by atoms with Crippen molar-refractivity contribution in [2.75, 3.05) is 33.5 Å². The highest BCUT2D eigenvalue weighted by Gasteiger charge is 2.03. The molecule has 0 bridgehead atoms. The van der Waals surface area contributed by atoms with Crippen LogP contribution in [-0.4, -0.2) is 39.4 Å². The van der Waals surface area contributed by atoms with Gasteiger partial charge in [0.2, 0.25) is 0 Å². The summed E-state index contributed by atoms with van der Waals surface area (Å²) in [7, 11) is 1.63. The van der Waals surface area contributed by atoms with Crippen LogP contribution in [0.4, 0.5) is 0 Å². The van der Waals surface area contributed by atoms with E-state index in [1.54, 1.807) is 7.11 Å². The molecule has 0 saturated heterocycles. The van der Waals surface area contributed by atoms with Crippen LogP contribution in [0.15, 0.2) is 24.3 Å². The molecule has 0 aliphatic rings. The Bertz CT molecular complexity index is 354.